The van der Waals surface area contributed by atoms with Crippen molar-refractivity contribution in [3.05, 3.63) is 36.4 Å². The number of benzene rings is 1. The second-order valence-electron chi connectivity index (χ2n) is 19.4. The standard InChI is InChI=1S/C45H60N6O10S/c1-26-7-5-6-8-31-24-45(31,42(54)48-62(57,58)44(3)11-12-44)47-39(52)36-23-34(25-50(36)41(53)38(27(2)17-26)51(43(55)56)32-19-28-18-29(28)20-32)61-40-35-10-9-33(59-4)21-30(35)22-37(46-40)49-13-15-60-16-14-49/h6,8-10,21-22,26-29,31-32,34,36,38H,5,7,11-20,23-25H2,1-4H3,(H,47,52)(H,48,54)(H,55,56)/b8-6-/t26-,27-,28+,29?,31-,32?,34-,36+,38+,45-/m1/s1. The van der Waals surface area contributed by atoms with E-state index in [-0.39, 0.29) is 37.3 Å². The van der Waals surface area contributed by atoms with Crippen LogP contribution >= 0.6 is 0 Å². The van der Waals surface area contributed by atoms with Crippen LogP contribution in [0.15, 0.2) is 36.4 Å². The van der Waals surface area contributed by atoms with Gasteiger partial charge in [0.25, 0.3) is 5.91 Å². The fourth-order valence-corrected chi connectivity index (χ4v) is 12.0. The number of aromatic nitrogens is 1. The number of hydrogen-bond donors (Lipinski definition) is 3. The predicted octanol–water partition coefficient (Wildman–Crippen LogP) is 4.46. The zero-order chi connectivity index (χ0) is 43.7. The highest BCUT2D eigenvalue weighted by molar-refractivity contribution is 7.91. The largest absolute Gasteiger partial charge is 0.497 e. The van der Waals surface area contributed by atoms with Gasteiger partial charge in [0.1, 0.15) is 35.3 Å². The number of hydrogen-bond acceptors (Lipinski definition) is 11. The molecule has 17 heteroatoms. The molecule has 4 amide bonds. The van der Waals surface area contributed by atoms with Gasteiger partial charge in [-0.05, 0) is 118 Å². The summed E-state index contributed by atoms with van der Waals surface area (Å²) in [5.41, 5.74) is -1.56. The Bertz CT molecular complexity index is 2250. The molecule has 4 aliphatic carbocycles. The number of nitrogens with one attached hydrogen (secondary N) is 2. The Labute approximate surface area is 363 Å². The summed E-state index contributed by atoms with van der Waals surface area (Å²) in [5.74, 6) is -0.0803. The molecule has 336 valence electrons. The number of morpholine rings is 1. The third-order valence-electron chi connectivity index (χ3n) is 14.9. The Morgan fingerprint density at radius 1 is 1.05 bits per heavy atom. The van der Waals surface area contributed by atoms with Crippen LogP contribution in [0, 0.1) is 29.6 Å². The van der Waals surface area contributed by atoms with Crippen molar-refractivity contribution in [3.8, 4) is 11.6 Å². The van der Waals surface area contributed by atoms with E-state index in [4.69, 9.17) is 19.2 Å². The smallest absolute Gasteiger partial charge is 0.408 e. The summed E-state index contributed by atoms with van der Waals surface area (Å²) in [6.07, 6.45) is 7.50. The highest BCUT2D eigenvalue weighted by Crippen LogP contribution is 2.54. The summed E-state index contributed by atoms with van der Waals surface area (Å²) in [5, 5.41) is 15.4. The molecule has 9 rings (SSSR count). The number of allylic oxidation sites excluding steroid dienone is 1. The molecule has 2 aromatic rings. The average molecular weight is 877 g/mol. The maximum Gasteiger partial charge on any atom is 0.408 e. The first-order valence-electron chi connectivity index (χ1n) is 22.4. The van der Waals surface area contributed by atoms with Gasteiger partial charge in [-0.25, -0.2) is 13.2 Å². The molecule has 16 nitrogen and oxygen atoms in total. The van der Waals surface area contributed by atoms with E-state index in [0.29, 0.717) is 99.5 Å². The molecule has 1 aromatic heterocycles. The Morgan fingerprint density at radius 3 is 2.48 bits per heavy atom. The lowest BCUT2D eigenvalue weighted by Crippen LogP contribution is -2.61. The molecule has 6 fully saturated rings. The van der Waals surface area contributed by atoms with Crippen LogP contribution < -0.4 is 24.4 Å². The van der Waals surface area contributed by atoms with E-state index < -0.39 is 68.2 Å². The Kier molecular flexibility index (Phi) is 11.1. The number of sulfonamides is 1. The fourth-order valence-electron chi connectivity index (χ4n) is 10.7. The van der Waals surface area contributed by atoms with E-state index in [1.165, 1.54) is 9.80 Å². The zero-order valence-corrected chi connectivity index (χ0v) is 36.9. The van der Waals surface area contributed by atoms with Crippen LogP contribution in [0.4, 0.5) is 10.6 Å². The van der Waals surface area contributed by atoms with Crippen molar-refractivity contribution in [2.45, 2.75) is 119 Å². The molecular formula is C45H60N6O10S. The van der Waals surface area contributed by atoms with Crippen molar-refractivity contribution in [1.29, 1.82) is 0 Å². The molecule has 62 heavy (non-hydrogen) atoms. The summed E-state index contributed by atoms with van der Waals surface area (Å²) >= 11 is 0. The maximum absolute atomic E-state index is 15.4. The monoisotopic (exact) mass is 876 g/mol. The van der Waals surface area contributed by atoms with Crippen LogP contribution in [0.25, 0.3) is 10.8 Å². The van der Waals surface area contributed by atoms with Crippen molar-refractivity contribution >= 4 is 50.4 Å². The van der Waals surface area contributed by atoms with Crippen molar-refractivity contribution in [1.82, 2.24) is 24.8 Å². The molecule has 3 N–H and O–H groups in total. The van der Waals surface area contributed by atoms with E-state index in [1.807, 2.05) is 43.3 Å². The van der Waals surface area contributed by atoms with E-state index in [9.17, 15) is 27.9 Å². The number of nitrogens with zero attached hydrogens (tertiary/aromatic N) is 4. The normalized spacial score (nSPS) is 34.7. The molecule has 0 radical (unpaired) electrons. The number of carbonyl (C=O) groups excluding carboxylic acids is 3. The van der Waals surface area contributed by atoms with Gasteiger partial charge >= 0.3 is 6.09 Å². The van der Waals surface area contributed by atoms with E-state index in [2.05, 4.69) is 21.9 Å². The van der Waals surface area contributed by atoms with Crippen molar-refractivity contribution in [2.75, 3.05) is 44.9 Å². The second-order valence-corrected chi connectivity index (χ2v) is 21.6. The Balaban J connectivity index is 1.09. The van der Waals surface area contributed by atoms with Gasteiger partial charge < -0.3 is 34.4 Å². The number of ether oxygens (including phenoxy) is 3. The van der Waals surface area contributed by atoms with Gasteiger partial charge in [0.05, 0.1) is 31.6 Å². The van der Waals surface area contributed by atoms with Crippen LogP contribution in [-0.2, 0) is 29.1 Å². The van der Waals surface area contributed by atoms with Gasteiger partial charge in [-0.1, -0.05) is 26.0 Å². The number of methoxy groups -OCH3 is 1. The Hall–Kier alpha value is -4.64. The summed E-state index contributed by atoms with van der Waals surface area (Å²) in [7, 11) is -2.43. The second kappa shape index (κ2) is 16.2. The molecule has 0 spiro atoms. The molecule has 3 aliphatic heterocycles. The highest BCUT2D eigenvalue weighted by Gasteiger charge is 2.63. The molecule has 4 saturated carbocycles. The van der Waals surface area contributed by atoms with E-state index in [0.717, 1.165) is 18.2 Å². The fraction of sp³-hybridized carbons (Fsp3) is 0.667. The average Bonchev–Trinajstić information content (AvgIpc) is 4.20. The molecule has 10 atom stereocenters. The minimum Gasteiger partial charge on any atom is -0.497 e. The van der Waals surface area contributed by atoms with Gasteiger partial charge in [-0.15, -0.1) is 0 Å². The SMILES string of the molecule is COc1ccc2c(O[C@@H]3C[C@H]4C(=O)N[C@]5(C(=O)NS(=O)(=O)C6(C)CC6)C[C@H]5/C=C\CC[C@@H](C)C[C@@H](C)[C@H](N(C(=O)O)C5CC6C[C@H]6C5)C(=O)N4C3)nc(N3CCOCC3)cc2c1. The first kappa shape index (κ1) is 42.7. The van der Waals surface area contributed by atoms with Crippen molar-refractivity contribution < 1.29 is 46.9 Å². The summed E-state index contributed by atoms with van der Waals surface area (Å²) < 4.78 is 45.9. The molecule has 7 aliphatic rings. The quantitative estimate of drug-likeness (QED) is 0.300. The maximum atomic E-state index is 15.4. The molecule has 4 heterocycles. The minimum absolute atomic E-state index is 0.0193. The molecule has 2 unspecified atom stereocenters. The number of carboxylic acid groups (broad SMARTS) is 1. The summed E-state index contributed by atoms with van der Waals surface area (Å²) in [6.45, 7) is 7.93. The lowest BCUT2D eigenvalue weighted by atomic mass is 9.86. The van der Waals surface area contributed by atoms with Crippen LogP contribution in [0.1, 0.15) is 85.0 Å². The van der Waals surface area contributed by atoms with E-state index >= 15 is 4.79 Å². The van der Waals surface area contributed by atoms with Gasteiger partial charge in [0.2, 0.25) is 27.7 Å². The zero-order valence-electron chi connectivity index (χ0n) is 36.1. The van der Waals surface area contributed by atoms with Crippen LogP contribution in [0.5, 0.6) is 11.6 Å². The first-order chi connectivity index (χ1) is 29.6. The number of pyridine rings is 1. The third kappa shape index (κ3) is 8.07. The molecule has 0 bridgehead atoms. The molecule has 2 saturated heterocycles. The highest BCUT2D eigenvalue weighted by atomic mass is 32.2. The number of amides is 4. The van der Waals surface area contributed by atoms with Gasteiger partial charge in [0, 0.05) is 36.9 Å². The van der Waals surface area contributed by atoms with Crippen LogP contribution in [-0.4, -0.2) is 127 Å². The summed E-state index contributed by atoms with van der Waals surface area (Å²) in [4.78, 5) is 67.8. The summed E-state index contributed by atoms with van der Waals surface area (Å²) in [6, 6.07) is 4.99. The molecule has 1 aromatic carbocycles. The number of fused-ring (bicyclic) bond motifs is 4. The molecular weight excluding hydrogens is 817 g/mol. The third-order valence-corrected chi connectivity index (χ3v) is 17.1. The van der Waals surface area contributed by atoms with Crippen molar-refractivity contribution in [2.24, 2.45) is 29.6 Å². The predicted molar refractivity (Wildman–Crippen MR) is 229 cm³/mol. The van der Waals surface area contributed by atoms with Gasteiger partial charge in [-0.2, -0.15) is 4.98 Å². The number of rotatable bonds is 9. The minimum atomic E-state index is -4.03. The van der Waals surface area contributed by atoms with Gasteiger partial charge in [-0.3, -0.25) is 24.0 Å². The Morgan fingerprint density at radius 2 is 1.79 bits per heavy atom. The lowest BCUT2D eigenvalue weighted by Gasteiger charge is -2.40. The lowest BCUT2D eigenvalue weighted by molar-refractivity contribution is -0.145. The first-order valence-corrected chi connectivity index (χ1v) is 23.9. The van der Waals surface area contributed by atoms with Gasteiger partial charge in [0.15, 0.2) is 0 Å². The van der Waals surface area contributed by atoms with Crippen molar-refractivity contribution in [3.63, 3.8) is 0 Å². The van der Waals surface area contributed by atoms with Crippen LogP contribution in [0.2, 0.25) is 0 Å². The number of anilines is 1. The van der Waals surface area contributed by atoms with Crippen LogP contribution in [0.3, 0.4) is 0 Å². The topological polar surface area (TPSA) is 197 Å². The van der Waals surface area contributed by atoms with E-state index in [1.54, 1.807) is 14.0 Å². The number of carbonyl (C=O) groups is 4.